The Hall–Kier alpha value is -2.89. The fraction of sp³-hybridized carbons (Fsp3) is 0.275. The first-order valence-corrected chi connectivity index (χ1v) is 16.0. The second-order valence-electron chi connectivity index (χ2n) is 12.8. The zero-order valence-electron chi connectivity index (χ0n) is 25.5. The van der Waals surface area contributed by atoms with Gasteiger partial charge in [-0.2, -0.15) is 35.4 Å². The molecule has 4 aromatic rings. The molecule has 0 saturated heterocycles. The van der Waals surface area contributed by atoms with Crippen LogP contribution in [0.2, 0.25) is 0 Å². The van der Waals surface area contributed by atoms with E-state index in [1.165, 1.54) is 74.3 Å². The Morgan fingerprint density at radius 2 is 1.41 bits per heavy atom. The molecule has 6 rings (SSSR count). The fourth-order valence-electron chi connectivity index (χ4n) is 4.99. The summed E-state index contributed by atoms with van der Waals surface area (Å²) in [6.45, 7) is 13.6. The van der Waals surface area contributed by atoms with Crippen LogP contribution in [0, 0.1) is 12.1 Å². The molecule has 0 atom stereocenters. The summed E-state index contributed by atoms with van der Waals surface area (Å²) >= 11 is 1.51. The Bertz CT molecular complexity index is 1450. The average Bonchev–Trinajstić information content (AvgIpc) is 3.62. The predicted octanol–water partition coefficient (Wildman–Crippen LogP) is 10.1. The van der Waals surface area contributed by atoms with Crippen LogP contribution in [0.15, 0.2) is 103 Å². The van der Waals surface area contributed by atoms with Crippen molar-refractivity contribution in [3.8, 4) is 11.1 Å². The van der Waals surface area contributed by atoms with E-state index in [0.717, 1.165) is 19.3 Å². The number of rotatable bonds is 3. The summed E-state index contributed by atoms with van der Waals surface area (Å²) in [5, 5.41) is 0. The molecule has 0 N–H and O–H groups in total. The van der Waals surface area contributed by atoms with Crippen molar-refractivity contribution >= 4 is 9.28 Å². The van der Waals surface area contributed by atoms with Gasteiger partial charge in [0, 0.05) is 0 Å². The topological polar surface area (TPSA) is 0 Å². The number of benzene rings is 4. The second kappa shape index (κ2) is 13.9. The van der Waals surface area contributed by atoms with E-state index in [-0.39, 0.29) is 10.8 Å². The third-order valence-electron chi connectivity index (χ3n) is 7.45. The standard InChI is InChI=1S/C21H25.C11H9.C8H8.Zr/c1-20(2,3)16-7-9-18-14(12-16)11-15-13-17(21(4,5)6)8-10-19(15)18;1-2-6-10(7-3-1)11-8-4-5-9-11;1-2-8-6-4-3-5-7-8;/h7-10,12H,11H2,1-6H3;1-3,6-9H,4H2;1,3-7H,2H2;/q2*-1;;+2. The van der Waals surface area contributed by atoms with E-state index in [9.17, 15) is 0 Å². The van der Waals surface area contributed by atoms with Gasteiger partial charge in [0.15, 0.2) is 0 Å². The molecule has 2 aliphatic rings. The quantitative estimate of drug-likeness (QED) is 0.178. The maximum absolute atomic E-state index is 3.67. The Kier molecular flexibility index (Phi) is 10.5. The molecule has 0 heterocycles. The van der Waals surface area contributed by atoms with Gasteiger partial charge < -0.3 is 0 Å². The van der Waals surface area contributed by atoms with Gasteiger partial charge in [-0.3, -0.25) is 6.08 Å². The molecule has 4 aromatic carbocycles. The van der Waals surface area contributed by atoms with Gasteiger partial charge in [0.25, 0.3) is 0 Å². The minimum absolute atomic E-state index is 0.167. The minimum atomic E-state index is 0.167. The molecule has 0 saturated carbocycles. The van der Waals surface area contributed by atoms with Crippen molar-refractivity contribution in [2.24, 2.45) is 0 Å². The molecule has 0 amide bonds. The van der Waals surface area contributed by atoms with Gasteiger partial charge >= 0.3 is 70.3 Å². The van der Waals surface area contributed by atoms with E-state index in [1.807, 2.05) is 12.1 Å². The molecule has 0 unspecified atom stereocenters. The van der Waals surface area contributed by atoms with Gasteiger partial charge in [-0.05, 0) is 28.4 Å². The molecular weight excluding hydrogens is 572 g/mol. The monoisotopic (exact) mass is 612 g/mol. The van der Waals surface area contributed by atoms with Crippen molar-refractivity contribution in [2.45, 2.75) is 71.6 Å². The Balaban J connectivity index is 0.000000161. The van der Waals surface area contributed by atoms with Crippen LogP contribution in [0.1, 0.15) is 81.3 Å². The average molecular weight is 614 g/mol. The van der Waals surface area contributed by atoms with Crippen LogP contribution in [0.4, 0.5) is 0 Å². The first-order chi connectivity index (χ1) is 19.6. The van der Waals surface area contributed by atoms with Crippen molar-refractivity contribution in [3.63, 3.8) is 0 Å². The summed E-state index contributed by atoms with van der Waals surface area (Å²) in [4.78, 5) is 0. The molecule has 0 bridgehead atoms. The van der Waals surface area contributed by atoms with Gasteiger partial charge in [-0.25, -0.2) is 6.08 Å². The van der Waals surface area contributed by atoms with Gasteiger partial charge in [0.1, 0.15) is 0 Å². The summed E-state index contributed by atoms with van der Waals surface area (Å²) < 4.78 is 2.25. The fourth-order valence-corrected chi connectivity index (χ4v) is 5.57. The third kappa shape index (κ3) is 8.56. The van der Waals surface area contributed by atoms with E-state index in [4.69, 9.17) is 0 Å². The van der Waals surface area contributed by atoms with E-state index in [0.29, 0.717) is 0 Å². The SMILES string of the molecule is CC(C)(C)c1[c-]c2c(cc1)-c1ccc(C(C)(C)C)cc1C2.[C-]1=CC(c2ccccc2)=CC1.[Zr+2]=[CH]Cc1ccccc1. The van der Waals surface area contributed by atoms with Crippen molar-refractivity contribution in [1.29, 1.82) is 0 Å². The second-order valence-corrected chi connectivity index (χ2v) is 13.8. The van der Waals surface area contributed by atoms with Gasteiger partial charge in [0.05, 0.1) is 0 Å². The van der Waals surface area contributed by atoms with Crippen molar-refractivity contribution in [3.05, 3.63) is 149 Å². The van der Waals surface area contributed by atoms with Crippen LogP contribution in [0.25, 0.3) is 16.7 Å². The van der Waals surface area contributed by atoms with Crippen LogP contribution in [-0.2, 0) is 47.9 Å². The molecule has 206 valence electrons. The van der Waals surface area contributed by atoms with E-state index in [2.05, 4.69) is 148 Å². The number of hydrogen-bond donors (Lipinski definition) is 0. The Morgan fingerprint density at radius 3 is 2.00 bits per heavy atom. The first-order valence-electron chi connectivity index (χ1n) is 14.6. The molecular formula is C40H42Zr. The van der Waals surface area contributed by atoms with Crippen molar-refractivity contribution in [1.82, 2.24) is 0 Å². The van der Waals surface area contributed by atoms with E-state index < -0.39 is 0 Å². The van der Waals surface area contributed by atoms with Crippen LogP contribution in [-0.4, -0.2) is 3.71 Å². The zero-order valence-corrected chi connectivity index (χ0v) is 28.0. The molecule has 0 fully saturated rings. The van der Waals surface area contributed by atoms with Crippen LogP contribution < -0.4 is 0 Å². The van der Waals surface area contributed by atoms with Crippen molar-refractivity contribution in [2.75, 3.05) is 0 Å². The zero-order chi connectivity index (χ0) is 29.5. The summed E-state index contributed by atoms with van der Waals surface area (Å²) in [7, 11) is 0. The van der Waals surface area contributed by atoms with E-state index >= 15 is 0 Å². The molecule has 41 heavy (non-hydrogen) atoms. The number of allylic oxidation sites excluding steroid dienone is 4. The molecule has 0 radical (unpaired) electrons. The molecule has 0 spiro atoms. The predicted molar refractivity (Wildman–Crippen MR) is 174 cm³/mol. The Morgan fingerprint density at radius 1 is 0.756 bits per heavy atom. The number of hydrogen-bond acceptors (Lipinski definition) is 0. The van der Waals surface area contributed by atoms with Crippen LogP contribution in [0.5, 0.6) is 0 Å². The third-order valence-corrected chi connectivity index (χ3v) is 7.95. The van der Waals surface area contributed by atoms with Crippen LogP contribution >= 0.6 is 0 Å². The molecule has 1 heteroatoms. The molecule has 2 aliphatic carbocycles. The van der Waals surface area contributed by atoms with Crippen LogP contribution in [0.3, 0.4) is 0 Å². The van der Waals surface area contributed by atoms with Gasteiger partial charge in [0.2, 0.25) is 0 Å². The summed E-state index contributed by atoms with van der Waals surface area (Å²) in [6, 6.07) is 36.1. The summed E-state index contributed by atoms with van der Waals surface area (Å²) in [6.07, 6.45) is 10.5. The van der Waals surface area contributed by atoms with Crippen molar-refractivity contribution < 1.29 is 24.2 Å². The number of fused-ring (bicyclic) bond motifs is 3. The summed E-state index contributed by atoms with van der Waals surface area (Å²) in [5.74, 6) is 0. The maximum atomic E-state index is 3.67. The van der Waals surface area contributed by atoms with Gasteiger partial charge in [-0.15, -0.1) is 23.1 Å². The Labute approximate surface area is 263 Å². The summed E-state index contributed by atoms with van der Waals surface area (Å²) in [5.41, 5.74) is 12.7. The molecule has 0 aliphatic heterocycles. The normalized spacial score (nSPS) is 13.2. The first kappa shape index (κ1) is 31.1. The van der Waals surface area contributed by atoms with Gasteiger partial charge in [-0.1, -0.05) is 95.6 Å². The molecule has 0 aromatic heterocycles. The molecule has 0 nitrogen and oxygen atoms in total. The van der Waals surface area contributed by atoms with E-state index in [1.54, 1.807) is 0 Å².